The zero-order chi connectivity index (χ0) is 18.7. The summed E-state index contributed by atoms with van der Waals surface area (Å²) in [5.74, 6) is 0. The largest absolute Gasteiger partial charge is 0.369 e. The molecule has 0 saturated heterocycles. The van der Waals surface area contributed by atoms with Gasteiger partial charge in [0.2, 0.25) is 0 Å². The van der Waals surface area contributed by atoms with E-state index < -0.39 is 26.7 Å². The maximum absolute atomic E-state index is 11.3. The highest BCUT2D eigenvalue weighted by atomic mass is 31.2. The van der Waals surface area contributed by atoms with Crippen LogP contribution in [-0.4, -0.2) is 36.3 Å². The normalized spacial score (nSPS) is 13.3. The quantitative estimate of drug-likeness (QED) is 0.295. The van der Waals surface area contributed by atoms with Gasteiger partial charge in [-0.25, -0.2) is 0 Å². The van der Waals surface area contributed by atoms with Crippen molar-refractivity contribution in [3.05, 3.63) is 48.0 Å². The van der Waals surface area contributed by atoms with Crippen LogP contribution < -0.4 is 5.32 Å². The lowest BCUT2D eigenvalue weighted by molar-refractivity contribution is 0.121. The molecule has 2 aromatic rings. The van der Waals surface area contributed by atoms with E-state index in [0.717, 1.165) is 16.3 Å². The molecular weight excluding hydrogens is 368 g/mol. The Morgan fingerprint density at radius 2 is 1.52 bits per heavy atom. The van der Waals surface area contributed by atoms with Gasteiger partial charge >= 0.3 is 15.2 Å². The van der Waals surface area contributed by atoms with Crippen LogP contribution >= 0.6 is 15.2 Å². The topological polar surface area (TPSA) is 147 Å². The molecule has 0 unspecified atom stereocenters. The third-order valence-electron chi connectivity index (χ3n) is 3.99. The molecule has 0 saturated carbocycles. The van der Waals surface area contributed by atoms with E-state index in [4.69, 9.17) is 19.6 Å². The van der Waals surface area contributed by atoms with Gasteiger partial charge in [-0.05, 0) is 29.3 Å². The predicted molar refractivity (Wildman–Crippen MR) is 93.9 cm³/mol. The van der Waals surface area contributed by atoms with Crippen molar-refractivity contribution in [2.75, 3.05) is 6.54 Å². The molecule has 0 aliphatic heterocycles. The first-order chi connectivity index (χ1) is 11.6. The highest BCUT2D eigenvalue weighted by Gasteiger charge is 2.58. The van der Waals surface area contributed by atoms with Gasteiger partial charge in [0.15, 0.2) is 0 Å². The standard InChI is InChI=1S/C15H21NO7P2/c17-15(24(18,19)20,25(21,22)23)9-4-10-16-11-13-7-3-6-12-5-1-2-8-14(12)13/h1-3,5-8,16-17H,4,9-11H2,(H2,18,19,20)(H2,21,22,23). The van der Waals surface area contributed by atoms with Crippen molar-refractivity contribution in [1.82, 2.24) is 5.32 Å². The van der Waals surface area contributed by atoms with Crippen LogP contribution in [0.5, 0.6) is 0 Å². The molecule has 0 fully saturated rings. The average Bonchev–Trinajstić information content (AvgIpc) is 2.52. The molecule has 6 N–H and O–H groups in total. The fourth-order valence-corrected chi connectivity index (χ4v) is 4.84. The van der Waals surface area contributed by atoms with E-state index in [9.17, 15) is 14.2 Å². The number of nitrogens with one attached hydrogen (secondary N) is 1. The molecule has 8 nitrogen and oxygen atoms in total. The van der Waals surface area contributed by atoms with Gasteiger partial charge in [-0.1, -0.05) is 42.5 Å². The molecular formula is C15H21NO7P2. The maximum atomic E-state index is 11.3. The molecule has 0 atom stereocenters. The van der Waals surface area contributed by atoms with Crippen LogP contribution in [0.25, 0.3) is 10.8 Å². The van der Waals surface area contributed by atoms with Crippen LogP contribution in [0.3, 0.4) is 0 Å². The third kappa shape index (κ3) is 4.56. The van der Waals surface area contributed by atoms with Gasteiger partial charge in [0.05, 0.1) is 0 Å². The van der Waals surface area contributed by atoms with E-state index in [1.165, 1.54) is 0 Å². The SMILES string of the molecule is O=P(O)(O)C(O)(CCCNCc1cccc2ccccc12)P(=O)(O)O. The molecule has 0 heterocycles. The molecule has 138 valence electrons. The van der Waals surface area contributed by atoms with E-state index in [1.54, 1.807) is 0 Å². The van der Waals surface area contributed by atoms with Crippen LogP contribution in [0, 0.1) is 0 Å². The van der Waals surface area contributed by atoms with E-state index >= 15 is 0 Å². The van der Waals surface area contributed by atoms with Gasteiger partial charge in [0, 0.05) is 13.0 Å². The smallest absolute Gasteiger partial charge is 0.368 e. The second kappa shape index (κ2) is 7.66. The van der Waals surface area contributed by atoms with Crippen LogP contribution in [0.4, 0.5) is 0 Å². The molecule has 0 aromatic heterocycles. The summed E-state index contributed by atoms with van der Waals surface area (Å²) in [4.78, 5) is 36.3. The Kier molecular flexibility index (Phi) is 6.20. The summed E-state index contributed by atoms with van der Waals surface area (Å²) < 4.78 is 22.5. The molecule has 10 heteroatoms. The third-order valence-corrected chi connectivity index (χ3v) is 7.87. The van der Waals surface area contributed by atoms with Crippen molar-refractivity contribution in [1.29, 1.82) is 0 Å². The van der Waals surface area contributed by atoms with Crippen molar-refractivity contribution in [2.24, 2.45) is 0 Å². The second-order valence-corrected chi connectivity index (χ2v) is 9.79. The van der Waals surface area contributed by atoms with Gasteiger partial charge in [-0.3, -0.25) is 9.13 Å². The summed E-state index contributed by atoms with van der Waals surface area (Å²) in [6.07, 6.45) is -0.735. The molecule has 0 radical (unpaired) electrons. The molecule has 2 rings (SSSR count). The van der Waals surface area contributed by atoms with Crippen LogP contribution in [-0.2, 0) is 15.7 Å². The van der Waals surface area contributed by atoms with E-state index in [-0.39, 0.29) is 13.0 Å². The summed E-state index contributed by atoms with van der Waals surface area (Å²) in [6, 6.07) is 13.7. The lowest BCUT2D eigenvalue weighted by Gasteiger charge is -2.29. The summed E-state index contributed by atoms with van der Waals surface area (Å²) in [6.45, 7) is 0.705. The Morgan fingerprint density at radius 1 is 0.920 bits per heavy atom. The van der Waals surface area contributed by atoms with Gasteiger partial charge in [0.1, 0.15) is 0 Å². The zero-order valence-corrected chi connectivity index (χ0v) is 15.1. The minimum absolute atomic E-state index is 0.0164. The Bertz CT molecular complexity index is 802. The number of hydrogen-bond donors (Lipinski definition) is 6. The highest BCUT2D eigenvalue weighted by Crippen LogP contribution is 2.69. The first kappa shape index (κ1) is 20.2. The molecule has 0 amide bonds. The predicted octanol–water partition coefficient (Wildman–Crippen LogP) is 1.71. The van der Waals surface area contributed by atoms with Crippen LogP contribution in [0.1, 0.15) is 18.4 Å². The summed E-state index contributed by atoms with van der Waals surface area (Å²) in [5, 5.41) is 11.6. The number of aliphatic hydroxyl groups is 1. The second-order valence-electron chi connectivity index (χ2n) is 5.78. The van der Waals surface area contributed by atoms with Crippen molar-refractivity contribution < 1.29 is 33.8 Å². The highest BCUT2D eigenvalue weighted by molar-refractivity contribution is 7.72. The molecule has 0 aliphatic rings. The van der Waals surface area contributed by atoms with Gasteiger partial charge in [-0.2, -0.15) is 0 Å². The Labute approximate surface area is 144 Å². The molecule has 0 aliphatic carbocycles. The number of fused-ring (bicyclic) bond motifs is 1. The molecule has 0 bridgehead atoms. The van der Waals surface area contributed by atoms with Crippen molar-refractivity contribution in [3.63, 3.8) is 0 Å². The van der Waals surface area contributed by atoms with Crippen LogP contribution in [0.2, 0.25) is 0 Å². The molecule has 0 spiro atoms. The zero-order valence-electron chi connectivity index (χ0n) is 13.3. The van der Waals surface area contributed by atoms with E-state index in [0.29, 0.717) is 6.54 Å². The minimum atomic E-state index is -5.38. The fraction of sp³-hybridized carbons (Fsp3) is 0.333. The average molecular weight is 389 g/mol. The molecule has 25 heavy (non-hydrogen) atoms. The van der Waals surface area contributed by atoms with Crippen molar-refractivity contribution >= 4 is 26.0 Å². The Hall–Kier alpha value is -1.08. The first-order valence-electron chi connectivity index (χ1n) is 7.57. The van der Waals surface area contributed by atoms with Crippen LogP contribution in [0.15, 0.2) is 42.5 Å². The number of rotatable bonds is 8. The van der Waals surface area contributed by atoms with Gasteiger partial charge in [-0.15, -0.1) is 0 Å². The summed E-state index contributed by atoms with van der Waals surface area (Å²) >= 11 is 0. The van der Waals surface area contributed by atoms with Gasteiger partial charge in [0.25, 0.3) is 5.08 Å². The monoisotopic (exact) mass is 389 g/mol. The lowest BCUT2D eigenvalue weighted by atomic mass is 10.0. The minimum Gasteiger partial charge on any atom is -0.368 e. The Balaban J connectivity index is 1.95. The number of hydrogen-bond acceptors (Lipinski definition) is 4. The first-order valence-corrected chi connectivity index (χ1v) is 10.8. The van der Waals surface area contributed by atoms with E-state index in [1.807, 2.05) is 42.5 Å². The van der Waals surface area contributed by atoms with Crippen molar-refractivity contribution in [3.8, 4) is 0 Å². The summed E-state index contributed by atoms with van der Waals surface area (Å²) in [5.41, 5.74) is 1.03. The lowest BCUT2D eigenvalue weighted by Crippen LogP contribution is -2.30. The van der Waals surface area contributed by atoms with E-state index in [2.05, 4.69) is 5.32 Å². The molecule has 2 aromatic carbocycles. The number of benzene rings is 2. The van der Waals surface area contributed by atoms with Gasteiger partial charge < -0.3 is 30.0 Å². The summed E-state index contributed by atoms with van der Waals surface area (Å²) in [7, 11) is -10.8. The Morgan fingerprint density at radius 3 is 2.16 bits per heavy atom. The maximum Gasteiger partial charge on any atom is 0.369 e. The fourth-order valence-electron chi connectivity index (χ4n) is 2.58. The van der Waals surface area contributed by atoms with Crippen molar-refractivity contribution in [2.45, 2.75) is 24.5 Å².